The Bertz CT molecular complexity index is 3010. The molecule has 2 saturated heterocycles. The van der Waals surface area contributed by atoms with Gasteiger partial charge in [0.1, 0.15) is 16.6 Å². The summed E-state index contributed by atoms with van der Waals surface area (Å²) in [5.74, 6) is 0.143. The lowest BCUT2D eigenvalue weighted by Gasteiger charge is -2.33. The van der Waals surface area contributed by atoms with Crippen molar-refractivity contribution in [3.63, 3.8) is 0 Å². The van der Waals surface area contributed by atoms with Gasteiger partial charge in [-0.15, -0.1) is 12.4 Å². The fraction of sp³-hybridized carbons (Fsp3) is 0.298. The van der Waals surface area contributed by atoms with Crippen molar-refractivity contribution in [2.75, 3.05) is 26.2 Å². The molecule has 4 aromatic carbocycles. The minimum absolute atomic E-state index is 0. The van der Waals surface area contributed by atoms with E-state index >= 15 is 0 Å². The Kier molecular flexibility index (Phi) is 12.2. The molecule has 4 aromatic heterocycles. The molecule has 2 aliphatic rings. The summed E-state index contributed by atoms with van der Waals surface area (Å²) in [6, 6.07) is 27.4. The van der Waals surface area contributed by atoms with Gasteiger partial charge >= 0.3 is 6.09 Å². The zero-order valence-corrected chi connectivity index (χ0v) is 36.6. The molecule has 0 radical (unpaired) electrons. The van der Waals surface area contributed by atoms with Gasteiger partial charge in [0.25, 0.3) is 11.8 Å². The number of carbonyl (C=O) groups excluding carboxylic acids is 3. The molecule has 0 bridgehead atoms. The number of fused-ring (bicyclic) bond motifs is 6. The fourth-order valence-electron chi connectivity index (χ4n) is 8.45. The summed E-state index contributed by atoms with van der Waals surface area (Å²) in [5, 5.41) is 15.8. The van der Waals surface area contributed by atoms with Crippen LogP contribution in [0.4, 0.5) is 4.79 Å². The maximum atomic E-state index is 12.5. The van der Waals surface area contributed by atoms with Crippen molar-refractivity contribution < 1.29 is 19.1 Å². The Morgan fingerprint density at radius 1 is 0.641 bits per heavy atom. The zero-order chi connectivity index (χ0) is 43.8. The van der Waals surface area contributed by atoms with Crippen molar-refractivity contribution in [3.8, 4) is 22.8 Å². The van der Waals surface area contributed by atoms with Crippen LogP contribution in [0, 0.1) is 0 Å². The van der Waals surface area contributed by atoms with Gasteiger partial charge in [0.15, 0.2) is 23.0 Å². The van der Waals surface area contributed by atoms with Crippen molar-refractivity contribution in [2.45, 2.75) is 64.1 Å². The molecule has 16 nitrogen and oxygen atoms in total. The third kappa shape index (κ3) is 8.66. The maximum Gasteiger partial charge on any atom is 0.410 e. The number of benzene rings is 4. The molecule has 328 valence electrons. The standard InChI is InChI=1S/C26H28N6O3.C21H20N6O.ClH/c1-26(2,3)35-25(34)31-13-11-18(12-14-31)32-22-19(21(30-32)23(27)33)10-9-17-15-28-24(29-20(17)22)16-7-5-4-6-8-16;22-20(28)18-16-7-6-14-12-24-21(13-4-2-1-3-5-13)25-17(14)19(16)27(26-18)15-8-10-23-11-9-15;/h4-10,15,18H,11-14H2,1-3H3,(H2,27,33);1-7,12,15,23H,8-11H2,(H2,22,28);1H. The lowest BCUT2D eigenvalue weighted by molar-refractivity contribution is 0.0186. The molecule has 2 fully saturated rings. The third-order valence-corrected chi connectivity index (χ3v) is 11.5. The summed E-state index contributed by atoms with van der Waals surface area (Å²) >= 11 is 0. The highest BCUT2D eigenvalue weighted by molar-refractivity contribution is 6.13. The van der Waals surface area contributed by atoms with E-state index in [0.717, 1.165) is 69.8 Å². The molecule has 17 heteroatoms. The van der Waals surface area contributed by atoms with Crippen molar-refractivity contribution in [1.82, 2.24) is 49.7 Å². The minimum Gasteiger partial charge on any atom is -0.444 e. The van der Waals surface area contributed by atoms with E-state index in [1.165, 1.54) is 0 Å². The molecule has 6 heterocycles. The molecular formula is C47H49ClN12O4. The molecule has 64 heavy (non-hydrogen) atoms. The molecule has 2 aliphatic heterocycles. The van der Waals surface area contributed by atoms with Crippen LogP contribution >= 0.6 is 12.4 Å². The SMILES string of the molecule is CC(C)(C)OC(=O)N1CCC(n2nc(C(N)=O)c3ccc4cnc(-c5ccccc5)nc4c32)CC1.Cl.NC(=O)c1nn(C2CCNCC2)c2c1ccc1cnc(-c3ccccc3)nc12. The Morgan fingerprint density at radius 2 is 1.08 bits per heavy atom. The Labute approximate surface area is 374 Å². The van der Waals surface area contributed by atoms with E-state index in [1.54, 1.807) is 11.1 Å². The number of nitrogens with zero attached hydrogens (tertiary/aromatic N) is 9. The Hall–Kier alpha value is -7.04. The van der Waals surface area contributed by atoms with Crippen LogP contribution in [0.15, 0.2) is 97.3 Å². The summed E-state index contributed by atoms with van der Waals surface area (Å²) in [6.07, 6.45) is 6.53. The van der Waals surface area contributed by atoms with Crippen molar-refractivity contribution >= 4 is 73.9 Å². The van der Waals surface area contributed by atoms with Gasteiger partial charge in [-0.1, -0.05) is 72.8 Å². The zero-order valence-electron chi connectivity index (χ0n) is 35.8. The predicted molar refractivity (Wildman–Crippen MR) is 248 cm³/mol. The van der Waals surface area contributed by atoms with E-state index in [2.05, 4.69) is 25.5 Å². The van der Waals surface area contributed by atoms with Crippen LogP contribution in [0.2, 0.25) is 0 Å². The highest BCUT2D eigenvalue weighted by Crippen LogP contribution is 2.35. The van der Waals surface area contributed by atoms with Crippen LogP contribution in [-0.2, 0) is 4.74 Å². The Balaban J connectivity index is 0.000000176. The molecule has 0 saturated carbocycles. The van der Waals surface area contributed by atoms with Crippen molar-refractivity contribution in [3.05, 3.63) is 109 Å². The molecule has 5 N–H and O–H groups in total. The van der Waals surface area contributed by atoms with Crippen molar-refractivity contribution in [1.29, 1.82) is 0 Å². The van der Waals surface area contributed by atoms with Gasteiger partial charge in [-0.2, -0.15) is 10.2 Å². The number of halogens is 1. The summed E-state index contributed by atoms with van der Waals surface area (Å²) in [5.41, 5.74) is 16.3. The first-order chi connectivity index (χ1) is 30.4. The van der Waals surface area contributed by atoms with Crippen LogP contribution in [-0.4, -0.2) is 94.1 Å². The summed E-state index contributed by atoms with van der Waals surface area (Å²) in [7, 11) is 0. The topological polar surface area (TPSA) is 215 Å². The lowest BCUT2D eigenvalue weighted by Crippen LogP contribution is -2.42. The first kappa shape index (κ1) is 43.6. The van der Waals surface area contributed by atoms with Crippen LogP contribution in [0.3, 0.4) is 0 Å². The van der Waals surface area contributed by atoms with Crippen molar-refractivity contribution in [2.24, 2.45) is 11.5 Å². The van der Waals surface area contributed by atoms with Crippen LogP contribution in [0.5, 0.6) is 0 Å². The second kappa shape index (κ2) is 18.0. The second-order valence-electron chi connectivity index (χ2n) is 16.9. The van der Waals surface area contributed by atoms with Gasteiger partial charge in [0.2, 0.25) is 0 Å². The van der Waals surface area contributed by atoms with Gasteiger partial charge in [-0.25, -0.2) is 24.7 Å². The molecular weight excluding hydrogens is 832 g/mol. The smallest absolute Gasteiger partial charge is 0.410 e. The highest BCUT2D eigenvalue weighted by atomic mass is 35.5. The van der Waals surface area contributed by atoms with Gasteiger partial charge in [-0.3, -0.25) is 19.0 Å². The third-order valence-electron chi connectivity index (χ3n) is 11.5. The molecule has 0 atom stereocenters. The number of nitrogens with one attached hydrogen (secondary N) is 1. The van der Waals surface area contributed by atoms with Gasteiger partial charge in [0.05, 0.1) is 23.1 Å². The number of carbonyl (C=O) groups is 3. The Morgan fingerprint density at radius 3 is 1.50 bits per heavy atom. The lowest BCUT2D eigenvalue weighted by atomic mass is 10.0. The summed E-state index contributed by atoms with van der Waals surface area (Å²) < 4.78 is 9.35. The van der Waals surface area contributed by atoms with E-state index in [9.17, 15) is 14.4 Å². The largest absolute Gasteiger partial charge is 0.444 e. The monoisotopic (exact) mass is 880 g/mol. The number of hydrogen-bond donors (Lipinski definition) is 3. The molecule has 3 amide bonds. The van der Waals surface area contributed by atoms with Gasteiger partial charge < -0.3 is 26.4 Å². The van der Waals surface area contributed by atoms with E-state index in [-0.39, 0.29) is 36.3 Å². The number of likely N-dealkylation sites (tertiary alicyclic amines) is 1. The summed E-state index contributed by atoms with van der Waals surface area (Å²) in [4.78, 5) is 57.3. The molecule has 10 rings (SSSR count). The normalized spacial score (nSPS) is 14.9. The molecule has 0 spiro atoms. The van der Waals surface area contributed by atoms with E-state index in [0.29, 0.717) is 54.2 Å². The number of piperidine rings is 2. The second-order valence-corrected chi connectivity index (χ2v) is 16.9. The molecule has 0 unspecified atom stereocenters. The minimum atomic E-state index is -0.586. The number of nitrogens with two attached hydrogens (primary N) is 2. The van der Waals surface area contributed by atoms with E-state index in [4.69, 9.17) is 26.2 Å². The number of primary amides is 2. The van der Waals surface area contributed by atoms with Gasteiger partial charge in [-0.05, 0) is 71.7 Å². The number of amides is 3. The molecule has 8 aromatic rings. The van der Waals surface area contributed by atoms with Crippen LogP contribution in [0.25, 0.3) is 66.4 Å². The average molecular weight is 881 g/mol. The first-order valence-corrected chi connectivity index (χ1v) is 21.2. The highest BCUT2D eigenvalue weighted by Gasteiger charge is 2.31. The number of rotatable bonds is 6. The number of hydrogen-bond acceptors (Lipinski definition) is 11. The fourth-order valence-corrected chi connectivity index (χ4v) is 8.45. The van der Waals surface area contributed by atoms with E-state index in [1.807, 2.05) is 121 Å². The van der Waals surface area contributed by atoms with E-state index < -0.39 is 17.4 Å². The van der Waals surface area contributed by atoms with Crippen LogP contribution < -0.4 is 16.8 Å². The van der Waals surface area contributed by atoms with Gasteiger partial charge in [0, 0.05) is 58.2 Å². The summed E-state index contributed by atoms with van der Waals surface area (Å²) in [6.45, 7) is 8.48. The van der Waals surface area contributed by atoms with Crippen LogP contribution in [0.1, 0.15) is 79.5 Å². The number of ether oxygens (including phenoxy) is 1. The first-order valence-electron chi connectivity index (χ1n) is 21.2. The quantitative estimate of drug-likeness (QED) is 0.150. The number of aromatic nitrogens is 8. The average Bonchev–Trinajstić information content (AvgIpc) is 3.90. The maximum absolute atomic E-state index is 12.5. The predicted octanol–water partition coefficient (Wildman–Crippen LogP) is 7.41. The molecule has 0 aliphatic carbocycles.